The Kier molecular flexibility index (Phi) is 3.97. The molecule has 2 aromatic carbocycles. The maximum absolute atomic E-state index is 12.1. The lowest BCUT2D eigenvalue weighted by atomic mass is 10.0. The summed E-state index contributed by atoms with van der Waals surface area (Å²) >= 11 is 3.39. The summed E-state index contributed by atoms with van der Waals surface area (Å²) in [4.78, 5) is 16.3. The number of aromatic nitrogens is 1. The van der Waals surface area contributed by atoms with Gasteiger partial charge in [0.1, 0.15) is 0 Å². The van der Waals surface area contributed by atoms with Gasteiger partial charge in [0.05, 0.1) is 5.56 Å². The van der Waals surface area contributed by atoms with Gasteiger partial charge in [-0.25, -0.2) is 0 Å². The van der Waals surface area contributed by atoms with Crippen LogP contribution < -0.4 is 0 Å². The van der Waals surface area contributed by atoms with Crippen molar-refractivity contribution in [1.29, 1.82) is 0 Å². The summed E-state index contributed by atoms with van der Waals surface area (Å²) in [6.07, 6.45) is 2.75. The molecular formula is C19H14BrN3O2. The molecule has 0 aliphatic carbocycles. The van der Waals surface area contributed by atoms with E-state index in [0.29, 0.717) is 11.5 Å². The van der Waals surface area contributed by atoms with Crippen molar-refractivity contribution in [3.05, 3.63) is 76.5 Å². The summed E-state index contributed by atoms with van der Waals surface area (Å²) in [5.74, 6) is 0.192. The molecule has 1 aliphatic heterocycles. The molecular weight excluding hydrogens is 382 g/mol. The number of halogens is 1. The maximum atomic E-state index is 12.1. The second-order valence-electron chi connectivity index (χ2n) is 5.70. The fourth-order valence-corrected chi connectivity index (χ4v) is 3.25. The van der Waals surface area contributed by atoms with Crippen LogP contribution in [0.15, 0.2) is 70.5 Å². The van der Waals surface area contributed by atoms with Crippen LogP contribution >= 0.6 is 15.9 Å². The molecule has 0 unspecified atom stereocenters. The standard InChI is InChI=1S/C19H14BrN3O2/c1-12(24)23-19(17-8-4-6-13-5-2-3-7-16(13)17)25-18(22-23)14-9-15(20)11-21-10-14/h2-11,19H,1H3/t19-/m0/s1. The molecule has 0 radical (unpaired) electrons. The third kappa shape index (κ3) is 2.89. The van der Waals surface area contributed by atoms with E-state index in [0.717, 1.165) is 20.8 Å². The summed E-state index contributed by atoms with van der Waals surface area (Å²) in [5, 5.41) is 7.87. The first-order valence-electron chi connectivity index (χ1n) is 7.77. The second kappa shape index (κ2) is 6.29. The minimum absolute atomic E-state index is 0.184. The zero-order valence-corrected chi connectivity index (χ0v) is 15.0. The number of hydrogen-bond donors (Lipinski definition) is 0. The van der Waals surface area contributed by atoms with Gasteiger partial charge in [-0.05, 0) is 32.8 Å². The Labute approximate surface area is 153 Å². The minimum Gasteiger partial charge on any atom is -0.446 e. The van der Waals surface area contributed by atoms with Crippen molar-refractivity contribution in [2.75, 3.05) is 0 Å². The van der Waals surface area contributed by atoms with Crippen molar-refractivity contribution in [1.82, 2.24) is 9.99 Å². The van der Waals surface area contributed by atoms with Crippen LogP contribution in [0.1, 0.15) is 24.3 Å². The predicted molar refractivity (Wildman–Crippen MR) is 98.8 cm³/mol. The van der Waals surface area contributed by atoms with Crippen LogP contribution in [0.5, 0.6) is 0 Å². The molecule has 0 N–H and O–H groups in total. The van der Waals surface area contributed by atoms with Gasteiger partial charge in [-0.1, -0.05) is 42.5 Å². The van der Waals surface area contributed by atoms with E-state index in [1.807, 2.05) is 48.5 Å². The molecule has 1 amide bonds. The van der Waals surface area contributed by atoms with Gasteiger partial charge >= 0.3 is 0 Å². The molecule has 6 heteroatoms. The van der Waals surface area contributed by atoms with Gasteiger partial charge in [-0.2, -0.15) is 5.01 Å². The van der Waals surface area contributed by atoms with Crippen LogP contribution in [0.25, 0.3) is 10.8 Å². The number of amides is 1. The quantitative estimate of drug-likeness (QED) is 0.651. The first-order chi connectivity index (χ1) is 12.1. The number of fused-ring (bicyclic) bond motifs is 1. The smallest absolute Gasteiger partial charge is 0.243 e. The van der Waals surface area contributed by atoms with E-state index in [-0.39, 0.29) is 5.91 Å². The van der Waals surface area contributed by atoms with E-state index in [1.165, 1.54) is 11.9 Å². The number of carbonyl (C=O) groups excluding carboxylic acids is 1. The van der Waals surface area contributed by atoms with Gasteiger partial charge in [-0.15, -0.1) is 5.10 Å². The molecule has 124 valence electrons. The van der Waals surface area contributed by atoms with Gasteiger partial charge < -0.3 is 4.74 Å². The van der Waals surface area contributed by atoms with Gasteiger partial charge in [-0.3, -0.25) is 9.78 Å². The summed E-state index contributed by atoms with van der Waals surface area (Å²) in [5.41, 5.74) is 1.61. The Morgan fingerprint density at radius 3 is 2.76 bits per heavy atom. The fraction of sp³-hybridized carbons (Fsp3) is 0.105. The highest BCUT2D eigenvalue weighted by Crippen LogP contribution is 2.34. The largest absolute Gasteiger partial charge is 0.446 e. The lowest BCUT2D eigenvalue weighted by Gasteiger charge is -2.20. The number of pyridine rings is 1. The van der Waals surface area contributed by atoms with Crippen molar-refractivity contribution < 1.29 is 9.53 Å². The Morgan fingerprint density at radius 2 is 1.96 bits per heavy atom. The first kappa shape index (κ1) is 15.8. The molecule has 4 rings (SSSR count). The number of benzene rings is 2. The molecule has 0 saturated heterocycles. The first-order valence-corrected chi connectivity index (χ1v) is 8.56. The summed E-state index contributed by atoms with van der Waals surface area (Å²) in [6.45, 7) is 1.48. The van der Waals surface area contributed by atoms with Crippen molar-refractivity contribution >= 4 is 38.5 Å². The Bertz CT molecular complexity index is 997. The second-order valence-corrected chi connectivity index (χ2v) is 6.61. The molecule has 2 heterocycles. The van der Waals surface area contributed by atoms with E-state index in [9.17, 15) is 4.79 Å². The molecule has 1 aromatic heterocycles. The van der Waals surface area contributed by atoms with Crippen LogP contribution in [0.2, 0.25) is 0 Å². The van der Waals surface area contributed by atoms with Gasteiger partial charge in [0.25, 0.3) is 0 Å². The third-order valence-electron chi connectivity index (χ3n) is 4.01. The summed E-state index contributed by atoms with van der Waals surface area (Å²) in [7, 11) is 0. The average Bonchev–Trinajstić information content (AvgIpc) is 3.07. The molecule has 0 saturated carbocycles. The monoisotopic (exact) mass is 395 g/mol. The lowest BCUT2D eigenvalue weighted by molar-refractivity contribution is -0.135. The van der Waals surface area contributed by atoms with Crippen molar-refractivity contribution in [3.8, 4) is 0 Å². The summed E-state index contributed by atoms with van der Waals surface area (Å²) in [6, 6.07) is 15.8. The molecule has 25 heavy (non-hydrogen) atoms. The van der Waals surface area contributed by atoms with Crippen molar-refractivity contribution in [2.45, 2.75) is 13.2 Å². The molecule has 0 fully saturated rings. The molecule has 0 spiro atoms. The van der Waals surface area contributed by atoms with Crippen LogP contribution in [0.4, 0.5) is 0 Å². The van der Waals surface area contributed by atoms with Crippen molar-refractivity contribution in [3.63, 3.8) is 0 Å². The van der Waals surface area contributed by atoms with E-state index in [1.54, 1.807) is 12.4 Å². The normalized spacial score (nSPS) is 16.6. The highest BCUT2D eigenvalue weighted by molar-refractivity contribution is 9.10. The topological polar surface area (TPSA) is 54.8 Å². The number of hydrogen-bond acceptors (Lipinski definition) is 4. The number of hydrazone groups is 1. The van der Waals surface area contributed by atoms with E-state index < -0.39 is 6.23 Å². The van der Waals surface area contributed by atoms with Crippen LogP contribution in [-0.4, -0.2) is 21.8 Å². The van der Waals surface area contributed by atoms with Crippen molar-refractivity contribution in [2.24, 2.45) is 5.10 Å². The van der Waals surface area contributed by atoms with E-state index in [2.05, 4.69) is 26.0 Å². The van der Waals surface area contributed by atoms with E-state index >= 15 is 0 Å². The van der Waals surface area contributed by atoms with Crippen LogP contribution in [0, 0.1) is 0 Å². The SMILES string of the molecule is CC(=O)N1N=C(c2cncc(Br)c2)O[C@H]1c1cccc2ccccc12. The minimum atomic E-state index is -0.599. The van der Waals surface area contributed by atoms with Gasteiger partial charge in [0.15, 0.2) is 0 Å². The van der Waals surface area contributed by atoms with Crippen LogP contribution in [0.3, 0.4) is 0 Å². The zero-order chi connectivity index (χ0) is 17.4. The lowest BCUT2D eigenvalue weighted by Crippen LogP contribution is -2.25. The number of rotatable bonds is 2. The molecule has 1 atom stereocenters. The van der Waals surface area contributed by atoms with Gasteiger partial charge in [0.2, 0.25) is 18.0 Å². The Balaban J connectivity index is 1.79. The number of ether oxygens (including phenoxy) is 1. The zero-order valence-electron chi connectivity index (χ0n) is 13.4. The Morgan fingerprint density at radius 1 is 1.16 bits per heavy atom. The van der Waals surface area contributed by atoms with Crippen LogP contribution in [-0.2, 0) is 9.53 Å². The van der Waals surface area contributed by atoms with E-state index in [4.69, 9.17) is 4.74 Å². The maximum Gasteiger partial charge on any atom is 0.243 e. The predicted octanol–water partition coefficient (Wildman–Crippen LogP) is 4.24. The molecule has 0 bridgehead atoms. The number of carbonyl (C=O) groups is 1. The van der Waals surface area contributed by atoms with Gasteiger partial charge in [0, 0.05) is 29.4 Å². The summed E-state index contributed by atoms with van der Waals surface area (Å²) < 4.78 is 6.88. The third-order valence-corrected chi connectivity index (χ3v) is 4.44. The fourth-order valence-electron chi connectivity index (χ4n) is 2.88. The number of nitrogens with zero attached hydrogens (tertiary/aromatic N) is 3. The highest BCUT2D eigenvalue weighted by atomic mass is 79.9. The highest BCUT2D eigenvalue weighted by Gasteiger charge is 2.34. The molecule has 1 aliphatic rings. The molecule has 5 nitrogen and oxygen atoms in total. The average molecular weight is 396 g/mol. The Hall–Kier alpha value is -2.73. The molecule has 3 aromatic rings.